The van der Waals surface area contributed by atoms with E-state index in [4.69, 9.17) is 6.42 Å². The fourth-order valence-electron chi connectivity index (χ4n) is 2.51. The van der Waals surface area contributed by atoms with Gasteiger partial charge in [-0.3, -0.25) is 0 Å². The van der Waals surface area contributed by atoms with Crippen molar-refractivity contribution in [3.63, 3.8) is 0 Å². The molecule has 0 saturated carbocycles. The van der Waals surface area contributed by atoms with Crippen LogP contribution in [-0.4, -0.2) is 19.1 Å². The van der Waals surface area contributed by atoms with Gasteiger partial charge in [0, 0.05) is 13.1 Å². The molecule has 2 N–H and O–H groups in total. The summed E-state index contributed by atoms with van der Waals surface area (Å²) in [6.07, 6.45) is 12.3. The first-order valence-corrected chi connectivity index (χ1v) is 7.02. The number of terminal acetylenes is 1. The zero-order chi connectivity index (χ0) is 13.5. The second kappa shape index (κ2) is 7.13. The van der Waals surface area contributed by atoms with Crippen LogP contribution in [0.25, 0.3) is 6.08 Å². The molecule has 0 bridgehead atoms. The van der Waals surface area contributed by atoms with Gasteiger partial charge < -0.3 is 10.6 Å². The fraction of sp³-hybridized carbons (Fsp3) is 0.412. The SMILES string of the molecule is C#CC(CNCc1cccc2c1CCC=C2)NCC. The van der Waals surface area contributed by atoms with Crippen LogP contribution in [0.5, 0.6) is 0 Å². The highest BCUT2D eigenvalue weighted by atomic mass is 15.0. The smallest absolute Gasteiger partial charge is 0.0813 e. The van der Waals surface area contributed by atoms with Crippen LogP contribution in [-0.2, 0) is 13.0 Å². The van der Waals surface area contributed by atoms with E-state index >= 15 is 0 Å². The Balaban J connectivity index is 1.94. The van der Waals surface area contributed by atoms with Crippen molar-refractivity contribution < 1.29 is 0 Å². The Morgan fingerprint density at radius 1 is 1.42 bits per heavy atom. The Morgan fingerprint density at radius 2 is 2.32 bits per heavy atom. The lowest BCUT2D eigenvalue weighted by molar-refractivity contribution is 0.560. The normalized spacial score (nSPS) is 14.7. The number of nitrogens with one attached hydrogen (secondary N) is 2. The molecule has 1 aromatic rings. The second-order valence-corrected chi connectivity index (χ2v) is 4.83. The van der Waals surface area contributed by atoms with Crippen molar-refractivity contribution in [1.82, 2.24) is 10.6 Å². The summed E-state index contributed by atoms with van der Waals surface area (Å²) < 4.78 is 0. The summed E-state index contributed by atoms with van der Waals surface area (Å²) in [5.41, 5.74) is 4.25. The molecular formula is C17H22N2. The van der Waals surface area contributed by atoms with Gasteiger partial charge in [-0.2, -0.15) is 0 Å². The Labute approximate surface area is 116 Å². The van der Waals surface area contributed by atoms with Crippen LogP contribution in [0.4, 0.5) is 0 Å². The topological polar surface area (TPSA) is 24.1 Å². The van der Waals surface area contributed by atoms with Gasteiger partial charge in [0.2, 0.25) is 0 Å². The molecule has 0 fully saturated rings. The van der Waals surface area contributed by atoms with E-state index in [1.807, 2.05) is 0 Å². The Bertz CT molecular complexity index is 483. The molecule has 0 amide bonds. The lowest BCUT2D eigenvalue weighted by atomic mass is 9.93. The first-order chi connectivity index (χ1) is 9.35. The van der Waals surface area contributed by atoms with Crippen LogP contribution >= 0.6 is 0 Å². The highest BCUT2D eigenvalue weighted by molar-refractivity contribution is 5.58. The van der Waals surface area contributed by atoms with Gasteiger partial charge in [0.1, 0.15) is 0 Å². The molecule has 19 heavy (non-hydrogen) atoms. The molecule has 1 aliphatic carbocycles. The monoisotopic (exact) mass is 254 g/mol. The summed E-state index contributed by atoms with van der Waals surface area (Å²) in [6, 6.07) is 6.65. The highest BCUT2D eigenvalue weighted by Gasteiger charge is 2.09. The predicted octanol–water partition coefficient (Wildman–Crippen LogP) is 2.35. The maximum Gasteiger partial charge on any atom is 0.0813 e. The molecule has 0 radical (unpaired) electrons. The predicted molar refractivity (Wildman–Crippen MR) is 81.8 cm³/mol. The van der Waals surface area contributed by atoms with Gasteiger partial charge in [-0.1, -0.05) is 43.2 Å². The van der Waals surface area contributed by atoms with Crippen LogP contribution in [0.1, 0.15) is 30.0 Å². The summed E-state index contributed by atoms with van der Waals surface area (Å²) in [4.78, 5) is 0. The van der Waals surface area contributed by atoms with Crippen LogP contribution in [0.3, 0.4) is 0 Å². The van der Waals surface area contributed by atoms with Gasteiger partial charge >= 0.3 is 0 Å². The average molecular weight is 254 g/mol. The maximum atomic E-state index is 5.49. The first-order valence-electron chi connectivity index (χ1n) is 7.02. The van der Waals surface area contributed by atoms with Gasteiger partial charge in [0.15, 0.2) is 0 Å². The van der Waals surface area contributed by atoms with E-state index in [1.54, 1.807) is 0 Å². The van der Waals surface area contributed by atoms with Gasteiger partial charge in [0.05, 0.1) is 6.04 Å². The molecule has 1 aromatic carbocycles. The van der Waals surface area contributed by atoms with Crippen LogP contribution < -0.4 is 10.6 Å². The van der Waals surface area contributed by atoms with Crippen LogP contribution in [0.15, 0.2) is 24.3 Å². The second-order valence-electron chi connectivity index (χ2n) is 4.83. The minimum absolute atomic E-state index is 0.115. The fourth-order valence-corrected chi connectivity index (χ4v) is 2.51. The van der Waals surface area contributed by atoms with Crippen molar-refractivity contribution in [3.8, 4) is 12.3 Å². The molecule has 0 heterocycles. The van der Waals surface area contributed by atoms with Crippen molar-refractivity contribution >= 4 is 6.08 Å². The van der Waals surface area contributed by atoms with E-state index in [1.165, 1.54) is 16.7 Å². The number of hydrogen-bond donors (Lipinski definition) is 2. The zero-order valence-electron chi connectivity index (χ0n) is 11.6. The maximum absolute atomic E-state index is 5.49. The van der Waals surface area contributed by atoms with Crippen molar-refractivity contribution in [1.29, 1.82) is 0 Å². The molecular weight excluding hydrogens is 232 g/mol. The van der Waals surface area contributed by atoms with Crippen molar-refractivity contribution in [2.75, 3.05) is 13.1 Å². The minimum atomic E-state index is 0.115. The van der Waals surface area contributed by atoms with E-state index in [0.29, 0.717) is 0 Å². The molecule has 0 spiro atoms. The summed E-state index contributed by atoms with van der Waals surface area (Å²) >= 11 is 0. The van der Waals surface area contributed by atoms with Crippen molar-refractivity contribution in [3.05, 3.63) is 41.0 Å². The number of hydrogen-bond acceptors (Lipinski definition) is 2. The van der Waals surface area contributed by atoms with Gasteiger partial charge in [0.25, 0.3) is 0 Å². The molecule has 1 atom stereocenters. The van der Waals surface area contributed by atoms with Gasteiger partial charge in [-0.05, 0) is 36.1 Å². The summed E-state index contributed by atoms with van der Waals surface area (Å²) in [6.45, 7) is 4.68. The third-order valence-electron chi connectivity index (χ3n) is 3.48. The number of fused-ring (bicyclic) bond motifs is 1. The molecule has 2 nitrogen and oxygen atoms in total. The van der Waals surface area contributed by atoms with Crippen molar-refractivity contribution in [2.45, 2.75) is 32.4 Å². The standard InChI is InChI=1S/C17H22N2/c1-3-16(19-4-2)13-18-12-15-10-7-9-14-8-5-6-11-17(14)15/h1,5,7-10,16,18-19H,4,6,11-13H2,2H3. The van der Waals surface area contributed by atoms with Gasteiger partial charge in [-0.25, -0.2) is 0 Å². The van der Waals surface area contributed by atoms with E-state index in [0.717, 1.165) is 32.5 Å². The number of rotatable bonds is 6. The van der Waals surface area contributed by atoms with Crippen molar-refractivity contribution in [2.24, 2.45) is 0 Å². The summed E-state index contributed by atoms with van der Waals surface area (Å²) in [7, 11) is 0. The lowest BCUT2D eigenvalue weighted by Crippen LogP contribution is -2.37. The van der Waals surface area contributed by atoms with Gasteiger partial charge in [-0.15, -0.1) is 6.42 Å². The molecule has 0 saturated heterocycles. The first kappa shape index (κ1) is 13.9. The number of likely N-dealkylation sites (N-methyl/N-ethyl adjacent to an activating group) is 1. The molecule has 2 heteroatoms. The van der Waals surface area contributed by atoms with Crippen LogP contribution in [0, 0.1) is 12.3 Å². The summed E-state index contributed by atoms with van der Waals surface area (Å²) in [5.74, 6) is 2.77. The van der Waals surface area contributed by atoms with E-state index in [2.05, 4.69) is 53.8 Å². The Morgan fingerprint density at radius 3 is 3.11 bits per heavy atom. The highest BCUT2D eigenvalue weighted by Crippen LogP contribution is 2.22. The molecule has 0 aliphatic heterocycles. The molecule has 100 valence electrons. The zero-order valence-corrected chi connectivity index (χ0v) is 11.6. The van der Waals surface area contributed by atoms with E-state index < -0.39 is 0 Å². The molecule has 2 rings (SSSR count). The largest absolute Gasteiger partial charge is 0.310 e. The van der Waals surface area contributed by atoms with E-state index in [-0.39, 0.29) is 6.04 Å². The Hall–Kier alpha value is -1.56. The quantitative estimate of drug-likeness (QED) is 0.762. The third-order valence-corrected chi connectivity index (χ3v) is 3.48. The number of benzene rings is 1. The number of allylic oxidation sites excluding steroid dienone is 1. The minimum Gasteiger partial charge on any atom is -0.310 e. The molecule has 0 aromatic heterocycles. The Kier molecular flexibility index (Phi) is 5.20. The summed E-state index contributed by atoms with van der Waals surface area (Å²) in [5, 5.41) is 6.73. The third kappa shape index (κ3) is 3.70. The average Bonchev–Trinajstić information content (AvgIpc) is 2.46. The molecule has 1 unspecified atom stereocenters. The van der Waals surface area contributed by atoms with E-state index in [9.17, 15) is 0 Å². The molecule has 1 aliphatic rings. The lowest BCUT2D eigenvalue weighted by Gasteiger charge is -2.17. The van der Waals surface area contributed by atoms with Crippen LogP contribution in [0.2, 0.25) is 0 Å².